The second-order valence-electron chi connectivity index (χ2n) is 33.8. The van der Waals surface area contributed by atoms with Crippen LogP contribution in [0.5, 0.6) is 0 Å². The van der Waals surface area contributed by atoms with Crippen molar-refractivity contribution in [3.8, 4) is 0 Å². The van der Waals surface area contributed by atoms with Crippen molar-refractivity contribution in [2.24, 2.45) is 0 Å². The minimum absolute atomic E-state index is 0.0245. The number of quaternary nitrogens is 1. The maximum Gasteiger partial charge on any atom is 0.306 e. The van der Waals surface area contributed by atoms with E-state index in [4.69, 9.17) is 18.5 Å². The Balaban J connectivity index is 3.79. The monoisotopic (exact) mass is 1460 g/mol. The number of unbranched alkanes of at least 4 members (excludes halogenated alkanes) is 76. The fourth-order valence-corrected chi connectivity index (χ4v) is 15.8. The van der Waals surface area contributed by atoms with Crippen molar-refractivity contribution in [1.82, 2.24) is 0 Å². The third-order valence-electron chi connectivity index (χ3n) is 22.1. The van der Waals surface area contributed by atoms with Crippen LogP contribution in [0.2, 0.25) is 0 Å². The van der Waals surface area contributed by atoms with E-state index in [1.165, 1.54) is 462 Å². The van der Waals surface area contributed by atoms with Crippen LogP contribution in [0.3, 0.4) is 0 Å². The highest BCUT2D eigenvalue weighted by atomic mass is 31.2. The van der Waals surface area contributed by atoms with Gasteiger partial charge in [0.15, 0.2) is 6.10 Å². The van der Waals surface area contributed by atoms with Crippen LogP contribution in [-0.2, 0) is 32.7 Å². The molecule has 610 valence electrons. The van der Waals surface area contributed by atoms with Gasteiger partial charge in [0.2, 0.25) is 0 Å². The van der Waals surface area contributed by atoms with Gasteiger partial charge in [-0.15, -0.1) is 0 Å². The van der Waals surface area contributed by atoms with Crippen LogP contribution < -0.4 is 4.89 Å². The van der Waals surface area contributed by atoms with E-state index in [-0.39, 0.29) is 32.0 Å². The second kappa shape index (κ2) is 84.0. The minimum atomic E-state index is -4.64. The third-order valence-corrected chi connectivity index (χ3v) is 23.1. The maximum absolute atomic E-state index is 12.9. The molecule has 0 amide bonds. The number of rotatable bonds is 90. The lowest BCUT2D eigenvalue weighted by atomic mass is 10.0. The Labute approximate surface area is 639 Å². The lowest BCUT2D eigenvalue weighted by Gasteiger charge is -2.28. The molecule has 0 N–H and O–H groups in total. The topological polar surface area (TPSA) is 111 Å². The van der Waals surface area contributed by atoms with Crippen molar-refractivity contribution in [2.45, 2.75) is 534 Å². The summed E-state index contributed by atoms with van der Waals surface area (Å²) in [5.74, 6) is -0.797. The molecule has 0 aromatic carbocycles. The van der Waals surface area contributed by atoms with Gasteiger partial charge in [0.05, 0.1) is 27.7 Å². The number of nitrogens with zero attached hydrogens (tertiary/aromatic N) is 1. The largest absolute Gasteiger partial charge is 0.756 e. The van der Waals surface area contributed by atoms with Gasteiger partial charge in [-0.2, -0.15) is 0 Å². The molecule has 0 heterocycles. The fraction of sp³-hybridized carbons (Fsp3) is 0.978. The molecule has 0 aliphatic heterocycles. The zero-order valence-electron chi connectivity index (χ0n) is 70.1. The van der Waals surface area contributed by atoms with E-state index in [1.807, 2.05) is 21.1 Å². The number of phosphoric ester groups is 1. The molecule has 0 spiro atoms. The molecule has 0 bridgehead atoms. The highest BCUT2D eigenvalue weighted by Crippen LogP contribution is 2.38. The third kappa shape index (κ3) is 87.9. The minimum Gasteiger partial charge on any atom is -0.756 e. The molecule has 2 atom stereocenters. The van der Waals surface area contributed by atoms with E-state index in [9.17, 15) is 19.0 Å². The molecular weight excluding hydrogens is 1280 g/mol. The van der Waals surface area contributed by atoms with Crippen LogP contribution in [0.15, 0.2) is 0 Å². The number of phosphoric acid groups is 1. The zero-order chi connectivity index (χ0) is 74.0. The van der Waals surface area contributed by atoms with Crippen molar-refractivity contribution in [3.63, 3.8) is 0 Å². The average Bonchev–Trinajstić information content (AvgIpc) is 0.935. The molecule has 0 aromatic heterocycles. The quantitative estimate of drug-likeness (QED) is 0.0256. The first-order valence-electron chi connectivity index (χ1n) is 46.7. The molecule has 0 aliphatic carbocycles. The van der Waals surface area contributed by atoms with Gasteiger partial charge in [-0.25, -0.2) is 0 Å². The van der Waals surface area contributed by atoms with Crippen molar-refractivity contribution in [1.29, 1.82) is 0 Å². The molecule has 0 radical (unpaired) electrons. The summed E-state index contributed by atoms with van der Waals surface area (Å²) >= 11 is 0. The predicted molar refractivity (Wildman–Crippen MR) is 444 cm³/mol. The van der Waals surface area contributed by atoms with Gasteiger partial charge in [-0.3, -0.25) is 14.2 Å². The van der Waals surface area contributed by atoms with Gasteiger partial charge < -0.3 is 27.9 Å². The van der Waals surface area contributed by atoms with Gasteiger partial charge in [0.1, 0.15) is 19.8 Å². The van der Waals surface area contributed by atoms with E-state index in [1.54, 1.807) is 0 Å². The summed E-state index contributed by atoms with van der Waals surface area (Å²) < 4.78 is 34.5. The molecule has 102 heavy (non-hydrogen) atoms. The summed E-state index contributed by atoms with van der Waals surface area (Å²) in [7, 11) is 1.20. The van der Waals surface area contributed by atoms with Crippen LogP contribution in [0.4, 0.5) is 0 Å². The number of carbonyl (C=O) groups is 2. The van der Waals surface area contributed by atoms with E-state index >= 15 is 0 Å². The molecule has 2 unspecified atom stereocenters. The molecule has 9 nitrogen and oxygen atoms in total. The van der Waals surface area contributed by atoms with Crippen molar-refractivity contribution in [2.75, 3.05) is 47.5 Å². The van der Waals surface area contributed by atoms with E-state index in [2.05, 4.69) is 13.8 Å². The molecule has 0 aliphatic rings. The normalized spacial score (nSPS) is 12.8. The lowest BCUT2D eigenvalue weighted by molar-refractivity contribution is -0.870. The molecular formula is C92H184NO8P. The second-order valence-corrected chi connectivity index (χ2v) is 35.2. The number of carbonyl (C=O) groups excluding carboxylic acids is 2. The highest BCUT2D eigenvalue weighted by Gasteiger charge is 2.22. The summed E-state index contributed by atoms with van der Waals surface area (Å²) in [6.07, 6.45) is 107. The smallest absolute Gasteiger partial charge is 0.306 e. The van der Waals surface area contributed by atoms with Crippen LogP contribution in [0.1, 0.15) is 528 Å². The summed E-state index contributed by atoms with van der Waals surface area (Å²) in [5, 5.41) is 0. The molecule has 0 aromatic rings. The fourth-order valence-electron chi connectivity index (χ4n) is 15.0. The average molecular weight is 1460 g/mol. The number of esters is 2. The Morgan fingerprint density at radius 2 is 0.441 bits per heavy atom. The molecule has 0 fully saturated rings. The van der Waals surface area contributed by atoms with E-state index in [0.717, 1.165) is 32.1 Å². The molecule has 0 saturated heterocycles. The highest BCUT2D eigenvalue weighted by molar-refractivity contribution is 7.45. The van der Waals surface area contributed by atoms with Gasteiger partial charge in [0.25, 0.3) is 7.82 Å². The predicted octanol–water partition coefficient (Wildman–Crippen LogP) is 30.9. The summed E-state index contributed by atoms with van der Waals surface area (Å²) in [6, 6.07) is 0. The molecule has 0 rings (SSSR count). The van der Waals surface area contributed by atoms with Gasteiger partial charge in [0, 0.05) is 12.8 Å². The van der Waals surface area contributed by atoms with Crippen molar-refractivity contribution >= 4 is 19.8 Å². The number of likely N-dealkylation sites (N-methyl/N-ethyl adjacent to an activating group) is 1. The SMILES string of the molecule is CCCCCCCCCCCCCCCCCCCCCCCCCCCCCCCCCCCCCCCCCC(=O)OCC(COP(=O)([O-])OCC[N+](C)(C)C)OC(=O)CCCCCCCCCCCCCCCCCCCCCCCCCCCCCCCCCCCCCCCCC. The Kier molecular flexibility index (Phi) is 83.2. The van der Waals surface area contributed by atoms with Crippen molar-refractivity contribution < 1.29 is 42.1 Å². The number of hydrogen-bond donors (Lipinski definition) is 0. The standard InChI is InChI=1S/C92H184NO8P/c1-6-8-10-12-14-16-18-20-22-24-26-28-30-32-34-36-38-40-42-44-46-48-50-52-54-56-58-60-62-64-66-68-70-72-74-76-78-80-82-84-91(94)98-88-90(89-100-102(96,97)99-87-86-93(3,4)5)101-92(95)85-83-81-79-77-75-73-71-69-67-65-63-61-59-57-55-53-51-49-47-45-43-41-39-37-35-33-31-29-27-25-23-21-19-17-15-13-11-9-7-2/h90H,6-89H2,1-5H3. The Bertz CT molecular complexity index is 1670. The van der Waals surface area contributed by atoms with E-state index in [0.29, 0.717) is 17.4 Å². The molecule has 0 saturated carbocycles. The van der Waals surface area contributed by atoms with Crippen LogP contribution in [0, 0.1) is 0 Å². The Hall–Kier alpha value is -0.990. The van der Waals surface area contributed by atoms with Crippen LogP contribution in [0.25, 0.3) is 0 Å². The first kappa shape index (κ1) is 101. The van der Waals surface area contributed by atoms with Crippen LogP contribution >= 0.6 is 7.82 Å². The first-order valence-corrected chi connectivity index (χ1v) is 48.2. The zero-order valence-corrected chi connectivity index (χ0v) is 71.0. The van der Waals surface area contributed by atoms with E-state index < -0.39 is 26.5 Å². The lowest BCUT2D eigenvalue weighted by Crippen LogP contribution is -2.37. The van der Waals surface area contributed by atoms with Gasteiger partial charge >= 0.3 is 11.9 Å². The summed E-state index contributed by atoms with van der Waals surface area (Å²) in [5.41, 5.74) is 0. The Morgan fingerprint density at radius 3 is 0.627 bits per heavy atom. The van der Waals surface area contributed by atoms with Gasteiger partial charge in [-0.1, -0.05) is 502 Å². The van der Waals surface area contributed by atoms with Crippen molar-refractivity contribution in [3.05, 3.63) is 0 Å². The van der Waals surface area contributed by atoms with Crippen LogP contribution in [-0.4, -0.2) is 70.0 Å². The summed E-state index contributed by atoms with van der Waals surface area (Å²) in [4.78, 5) is 38.3. The summed E-state index contributed by atoms with van der Waals surface area (Å²) in [6.45, 7) is 4.36. The van der Waals surface area contributed by atoms with Gasteiger partial charge in [-0.05, 0) is 12.8 Å². The molecule has 10 heteroatoms. The maximum atomic E-state index is 12.9. The first-order chi connectivity index (χ1) is 50.0. The Morgan fingerprint density at radius 1 is 0.265 bits per heavy atom. The number of ether oxygens (including phenoxy) is 2. The number of hydrogen-bond acceptors (Lipinski definition) is 8.